The van der Waals surface area contributed by atoms with E-state index < -0.39 is 23.5 Å². The highest BCUT2D eigenvalue weighted by atomic mass is 16.6. The summed E-state index contributed by atoms with van der Waals surface area (Å²) < 4.78 is 9.58. The van der Waals surface area contributed by atoms with Gasteiger partial charge in [0.1, 0.15) is 12.6 Å². The number of carboxylic acids is 1. The molecular weight excluding hydrogens is 354 g/mol. The predicted molar refractivity (Wildman–Crippen MR) is 102 cm³/mol. The van der Waals surface area contributed by atoms with Crippen molar-refractivity contribution in [1.82, 2.24) is 15.5 Å². The Balaban J connectivity index is 4.44. The van der Waals surface area contributed by atoms with Crippen molar-refractivity contribution in [3.63, 3.8) is 0 Å². The molecule has 0 rings (SSSR count). The Morgan fingerprint density at radius 1 is 1.11 bits per heavy atom. The van der Waals surface area contributed by atoms with Crippen LogP contribution in [0.4, 0.5) is 4.79 Å². The third-order valence-electron chi connectivity index (χ3n) is 3.84. The van der Waals surface area contributed by atoms with Gasteiger partial charge in [0.25, 0.3) is 0 Å². The van der Waals surface area contributed by atoms with Crippen molar-refractivity contribution in [2.75, 3.05) is 47.0 Å². The van der Waals surface area contributed by atoms with Crippen molar-refractivity contribution in [2.24, 2.45) is 5.41 Å². The molecule has 0 unspecified atom stereocenters. The first-order valence-electron chi connectivity index (χ1n) is 9.22. The summed E-state index contributed by atoms with van der Waals surface area (Å²) in [5.41, 5.74) is -0.467. The first-order valence-corrected chi connectivity index (χ1v) is 9.22. The average molecular weight is 389 g/mol. The molecule has 0 radical (unpaired) electrons. The second-order valence-corrected chi connectivity index (χ2v) is 7.31. The van der Waals surface area contributed by atoms with E-state index in [4.69, 9.17) is 9.47 Å². The molecule has 0 bridgehead atoms. The van der Waals surface area contributed by atoms with Crippen LogP contribution in [0.1, 0.15) is 40.0 Å². The van der Waals surface area contributed by atoms with Crippen molar-refractivity contribution in [1.29, 1.82) is 0 Å². The van der Waals surface area contributed by atoms with Crippen LogP contribution in [0.15, 0.2) is 0 Å². The summed E-state index contributed by atoms with van der Waals surface area (Å²) in [6.07, 6.45) is 0.689. The number of amides is 2. The lowest BCUT2D eigenvalue weighted by Gasteiger charge is -2.29. The Morgan fingerprint density at radius 3 is 2.30 bits per heavy atom. The average Bonchev–Trinajstić information content (AvgIpc) is 2.58. The molecule has 0 spiro atoms. The van der Waals surface area contributed by atoms with E-state index in [0.29, 0.717) is 32.5 Å². The molecule has 0 aromatic carbocycles. The van der Waals surface area contributed by atoms with Crippen molar-refractivity contribution >= 4 is 18.0 Å². The van der Waals surface area contributed by atoms with E-state index >= 15 is 0 Å². The van der Waals surface area contributed by atoms with Gasteiger partial charge in [-0.25, -0.2) is 9.59 Å². The normalized spacial score (nSPS) is 12.3. The minimum absolute atomic E-state index is 0.0595. The number of nitrogens with zero attached hydrogens (tertiary/aromatic N) is 1. The lowest BCUT2D eigenvalue weighted by atomic mass is 9.94. The summed E-state index contributed by atoms with van der Waals surface area (Å²) in [6, 6.07) is -1.02. The smallest absolute Gasteiger partial charge is 0.407 e. The minimum Gasteiger partial charge on any atom is -0.480 e. The molecule has 9 nitrogen and oxygen atoms in total. The van der Waals surface area contributed by atoms with Crippen LogP contribution < -0.4 is 10.6 Å². The van der Waals surface area contributed by atoms with Gasteiger partial charge in [-0.3, -0.25) is 4.79 Å². The van der Waals surface area contributed by atoms with E-state index in [0.717, 1.165) is 0 Å². The first-order chi connectivity index (χ1) is 12.6. The molecule has 0 aromatic heterocycles. The van der Waals surface area contributed by atoms with E-state index in [2.05, 4.69) is 10.6 Å². The molecule has 0 saturated carbocycles. The fourth-order valence-electron chi connectivity index (χ4n) is 2.35. The topological polar surface area (TPSA) is 117 Å². The number of hydrogen-bond acceptors (Lipinski definition) is 6. The minimum atomic E-state index is -1.11. The predicted octanol–water partition coefficient (Wildman–Crippen LogP) is 1.08. The number of carbonyl (C=O) groups is 3. The van der Waals surface area contributed by atoms with Crippen LogP contribution in [0.3, 0.4) is 0 Å². The molecule has 1 atom stereocenters. The monoisotopic (exact) mass is 389 g/mol. The quantitative estimate of drug-likeness (QED) is 0.403. The standard InChI is InChI=1S/C18H35N3O6/c1-18(2,3)16(24)21(11-9-19-4)10-7-6-8-14(15(22)23)20-17(25)27-13-12-26-5/h14,19H,6-13H2,1-5H3,(H,20,25)(H,22,23)/t14-/m0/s1. The van der Waals surface area contributed by atoms with E-state index in [1.54, 1.807) is 4.90 Å². The molecule has 0 saturated heterocycles. The molecule has 0 aliphatic carbocycles. The Hall–Kier alpha value is -1.87. The Labute approximate surface area is 161 Å². The fourth-order valence-corrected chi connectivity index (χ4v) is 2.35. The molecule has 0 aliphatic heterocycles. The van der Waals surface area contributed by atoms with Gasteiger partial charge in [-0.15, -0.1) is 0 Å². The number of rotatable bonds is 13. The van der Waals surface area contributed by atoms with Crippen LogP contribution in [-0.4, -0.2) is 81.0 Å². The van der Waals surface area contributed by atoms with Gasteiger partial charge in [-0.2, -0.15) is 0 Å². The maximum absolute atomic E-state index is 12.5. The zero-order valence-corrected chi connectivity index (χ0v) is 17.2. The van der Waals surface area contributed by atoms with Gasteiger partial charge in [0.15, 0.2) is 0 Å². The van der Waals surface area contributed by atoms with Crippen molar-refractivity contribution in [3.05, 3.63) is 0 Å². The van der Waals surface area contributed by atoms with Gasteiger partial charge in [-0.1, -0.05) is 20.8 Å². The summed E-state index contributed by atoms with van der Waals surface area (Å²) in [7, 11) is 3.31. The second kappa shape index (κ2) is 13.3. The number of ether oxygens (including phenoxy) is 2. The Bertz CT molecular complexity index is 465. The summed E-state index contributed by atoms with van der Waals surface area (Å²) in [5.74, 6) is -1.05. The largest absolute Gasteiger partial charge is 0.480 e. The van der Waals surface area contributed by atoms with Crippen molar-refractivity contribution in [3.8, 4) is 0 Å². The number of methoxy groups -OCH3 is 1. The lowest BCUT2D eigenvalue weighted by Crippen LogP contribution is -2.43. The lowest BCUT2D eigenvalue weighted by molar-refractivity contribution is -0.140. The number of carbonyl (C=O) groups excluding carboxylic acids is 2. The Kier molecular flexibility index (Phi) is 12.4. The number of unbranched alkanes of at least 4 members (excludes halogenated alkanes) is 1. The van der Waals surface area contributed by atoms with Crippen LogP contribution >= 0.6 is 0 Å². The summed E-state index contributed by atoms with van der Waals surface area (Å²) in [5, 5.41) is 14.6. The van der Waals surface area contributed by atoms with Gasteiger partial charge in [-0.05, 0) is 26.3 Å². The molecule has 3 N–H and O–H groups in total. The molecule has 9 heteroatoms. The summed E-state index contributed by atoms with van der Waals surface area (Å²) >= 11 is 0. The van der Waals surface area contributed by atoms with E-state index in [-0.39, 0.29) is 25.5 Å². The fraction of sp³-hybridized carbons (Fsp3) is 0.833. The summed E-state index contributed by atoms with van der Waals surface area (Å²) in [6.45, 7) is 7.76. The third-order valence-corrected chi connectivity index (χ3v) is 3.84. The van der Waals surface area contributed by atoms with Crippen LogP contribution in [0.5, 0.6) is 0 Å². The maximum Gasteiger partial charge on any atom is 0.407 e. The van der Waals surface area contributed by atoms with E-state index in [1.807, 2.05) is 27.8 Å². The van der Waals surface area contributed by atoms with Gasteiger partial charge in [0.2, 0.25) is 5.91 Å². The SMILES string of the molecule is CNCCN(CCCC[C@H](NC(=O)OCCOC)C(=O)O)C(=O)C(C)(C)C. The van der Waals surface area contributed by atoms with Gasteiger partial charge < -0.3 is 30.1 Å². The number of carboxylic acid groups (broad SMARTS) is 1. The molecule has 0 fully saturated rings. The van der Waals surface area contributed by atoms with Gasteiger partial charge >= 0.3 is 12.1 Å². The molecule has 0 heterocycles. The van der Waals surface area contributed by atoms with E-state index in [1.165, 1.54) is 7.11 Å². The van der Waals surface area contributed by atoms with Crippen molar-refractivity contribution in [2.45, 2.75) is 46.1 Å². The zero-order chi connectivity index (χ0) is 20.9. The van der Waals surface area contributed by atoms with Gasteiger partial charge in [0.05, 0.1) is 6.61 Å². The third kappa shape index (κ3) is 11.4. The highest BCUT2D eigenvalue weighted by Crippen LogP contribution is 2.18. The van der Waals surface area contributed by atoms with Crippen LogP contribution in [0.2, 0.25) is 0 Å². The van der Waals surface area contributed by atoms with Crippen LogP contribution in [-0.2, 0) is 19.1 Å². The zero-order valence-electron chi connectivity index (χ0n) is 17.2. The van der Waals surface area contributed by atoms with Crippen LogP contribution in [0.25, 0.3) is 0 Å². The highest BCUT2D eigenvalue weighted by Gasteiger charge is 2.27. The van der Waals surface area contributed by atoms with Gasteiger partial charge in [0, 0.05) is 32.2 Å². The Morgan fingerprint density at radius 2 is 1.78 bits per heavy atom. The molecule has 0 aliphatic rings. The van der Waals surface area contributed by atoms with Crippen LogP contribution in [0, 0.1) is 5.41 Å². The number of likely N-dealkylation sites (N-methyl/N-ethyl adjacent to an activating group) is 1. The highest BCUT2D eigenvalue weighted by molar-refractivity contribution is 5.81. The van der Waals surface area contributed by atoms with E-state index in [9.17, 15) is 19.5 Å². The number of nitrogens with one attached hydrogen (secondary N) is 2. The summed E-state index contributed by atoms with van der Waals surface area (Å²) in [4.78, 5) is 37.2. The molecular formula is C18H35N3O6. The van der Waals surface area contributed by atoms with Crippen molar-refractivity contribution < 1.29 is 29.0 Å². The maximum atomic E-state index is 12.5. The molecule has 27 heavy (non-hydrogen) atoms. The molecule has 0 aromatic rings. The second-order valence-electron chi connectivity index (χ2n) is 7.31. The number of alkyl carbamates (subject to hydrolysis) is 1. The number of aliphatic carboxylic acids is 1. The molecule has 158 valence electrons. The first kappa shape index (κ1) is 25.1. The number of hydrogen-bond donors (Lipinski definition) is 3. The molecule has 2 amide bonds.